The third-order valence-corrected chi connectivity index (χ3v) is 5.92. The van der Waals surface area contributed by atoms with Crippen molar-refractivity contribution in [2.75, 3.05) is 0 Å². The molecule has 0 unspecified atom stereocenters. The van der Waals surface area contributed by atoms with Crippen LogP contribution in [-0.4, -0.2) is 12.2 Å². The zero-order valence-electron chi connectivity index (χ0n) is 13.0. The summed E-state index contributed by atoms with van der Waals surface area (Å²) in [5.41, 5.74) is 0. The van der Waals surface area contributed by atoms with Gasteiger partial charge in [0, 0.05) is 0 Å². The van der Waals surface area contributed by atoms with Crippen LogP contribution in [0.5, 0.6) is 0 Å². The Morgan fingerprint density at radius 2 is 0.850 bits per heavy atom. The maximum Gasteiger partial charge on any atom is 0.0930 e. The minimum absolute atomic E-state index is 0.386. The summed E-state index contributed by atoms with van der Waals surface area (Å²) in [5, 5.41) is 0. The Balaban J connectivity index is 1.33. The Hall–Kier alpha value is -0.0800. The molecule has 3 fully saturated rings. The van der Waals surface area contributed by atoms with E-state index in [4.69, 9.17) is 9.78 Å². The van der Waals surface area contributed by atoms with Gasteiger partial charge in [0.1, 0.15) is 0 Å². The van der Waals surface area contributed by atoms with Crippen LogP contribution in [0.1, 0.15) is 89.9 Å². The zero-order valence-corrected chi connectivity index (χ0v) is 13.0. The van der Waals surface area contributed by atoms with Gasteiger partial charge in [-0.15, -0.1) is 0 Å². The second-order valence-electron chi connectivity index (χ2n) is 7.39. The summed E-state index contributed by atoms with van der Waals surface area (Å²) in [6.07, 6.45) is 19.9. The lowest BCUT2D eigenvalue weighted by Gasteiger charge is -2.35. The van der Waals surface area contributed by atoms with Crippen molar-refractivity contribution in [1.82, 2.24) is 0 Å². The highest BCUT2D eigenvalue weighted by molar-refractivity contribution is 4.80. The largest absolute Gasteiger partial charge is 0.233 e. The smallest absolute Gasteiger partial charge is 0.0930 e. The molecule has 0 aliphatic heterocycles. The van der Waals surface area contributed by atoms with E-state index in [1.54, 1.807) is 0 Å². The predicted molar refractivity (Wildman–Crippen MR) is 81.4 cm³/mol. The standard InChI is InChI=1S/C18H32O2/c1-3-7-15(8-4-1)16-11-13-18(14-12-16)20-19-17-9-5-2-6-10-17/h15-18H,1-14H2. The normalized spacial score (nSPS) is 34.2. The molecule has 0 amide bonds. The molecule has 3 rings (SSSR count). The van der Waals surface area contributed by atoms with E-state index < -0.39 is 0 Å². The molecule has 3 aliphatic carbocycles. The van der Waals surface area contributed by atoms with Crippen LogP contribution in [0.4, 0.5) is 0 Å². The monoisotopic (exact) mass is 280 g/mol. The Bertz CT molecular complexity index is 259. The van der Waals surface area contributed by atoms with Gasteiger partial charge in [-0.3, -0.25) is 0 Å². The van der Waals surface area contributed by atoms with Gasteiger partial charge in [0.25, 0.3) is 0 Å². The summed E-state index contributed by atoms with van der Waals surface area (Å²) in [6.45, 7) is 0. The fourth-order valence-electron chi connectivity index (χ4n) is 4.58. The zero-order chi connectivity index (χ0) is 13.6. The SMILES string of the molecule is C1CCC(OOC2CCC(C3CCCCC3)CC2)CC1. The molecule has 0 N–H and O–H groups in total. The maximum atomic E-state index is 5.76. The number of hydrogen-bond acceptors (Lipinski definition) is 2. The first-order valence-electron chi connectivity index (χ1n) is 9.24. The third-order valence-electron chi connectivity index (χ3n) is 5.92. The van der Waals surface area contributed by atoms with Crippen molar-refractivity contribution in [1.29, 1.82) is 0 Å². The fourth-order valence-corrected chi connectivity index (χ4v) is 4.58. The highest BCUT2D eigenvalue weighted by Crippen LogP contribution is 2.39. The molecule has 3 saturated carbocycles. The molecule has 0 saturated heterocycles. The molecule has 0 atom stereocenters. The Morgan fingerprint density at radius 3 is 1.45 bits per heavy atom. The predicted octanol–water partition coefficient (Wildman–Crippen LogP) is 5.41. The van der Waals surface area contributed by atoms with Gasteiger partial charge in [-0.25, -0.2) is 9.78 Å². The third kappa shape index (κ3) is 4.21. The van der Waals surface area contributed by atoms with Crippen molar-refractivity contribution in [3.8, 4) is 0 Å². The molecular weight excluding hydrogens is 248 g/mol. The molecule has 20 heavy (non-hydrogen) atoms. The number of hydrogen-bond donors (Lipinski definition) is 0. The second-order valence-corrected chi connectivity index (χ2v) is 7.39. The lowest BCUT2D eigenvalue weighted by atomic mass is 9.73. The van der Waals surface area contributed by atoms with Gasteiger partial charge >= 0.3 is 0 Å². The van der Waals surface area contributed by atoms with Gasteiger partial charge in [0.15, 0.2) is 0 Å². The molecule has 0 aromatic carbocycles. The van der Waals surface area contributed by atoms with Crippen LogP contribution in [0.2, 0.25) is 0 Å². The van der Waals surface area contributed by atoms with Gasteiger partial charge in [0.05, 0.1) is 12.2 Å². The molecule has 0 spiro atoms. The summed E-state index contributed by atoms with van der Waals surface area (Å²) < 4.78 is 0. The molecule has 116 valence electrons. The summed E-state index contributed by atoms with van der Waals surface area (Å²) in [4.78, 5) is 11.5. The van der Waals surface area contributed by atoms with Crippen LogP contribution in [0.3, 0.4) is 0 Å². The molecule has 0 heterocycles. The Kier molecular flexibility index (Phi) is 5.78. The quantitative estimate of drug-likeness (QED) is 0.506. The van der Waals surface area contributed by atoms with Gasteiger partial charge in [-0.2, -0.15) is 0 Å². The fraction of sp³-hybridized carbons (Fsp3) is 1.00. The second kappa shape index (κ2) is 7.79. The van der Waals surface area contributed by atoms with Crippen molar-refractivity contribution >= 4 is 0 Å². The van der Waals surface area contributed by atoms with Crippen LogP contribution in [0.15, 0.2) is 0 Å². The van der Waals surface area contributed by atoms with E-state index in [1.807, 2.05) is 0 Å². The molecule has 3 aliphatic rings. The first-order valence-corrected chi connectivity index (χ1v) is 9.24. The maximum absolute atomic E-state index is 5.76. The van der Waals surface area contributed by atoms with E-state index in [0.29, 0.717) is 12.2 Å². The molecular formula is C18H32O2. The molecule has 0 aromatic heterocycles. The van der Waals surface area contributed by atoms with Crippen LogP contribution in [-0.2, 0) is 9.78 Å². The first-order chi connectivity index (χ1) is 9.92. The van der Waals surface area contributed by atoms with E-state index in [9.17, 15) is 0 Å². The minimum atomic E-state index is 0.386. The average Bonchev–Trinajstić information content (AvgIpc) is 2.55. The van der Waals surface area contributed by atoms with Crippen molar-refractivity contribution in [3.63, 3.8) is 0 Å². The lowest BCUT2D eigenvalue weighted by Crippen LogP contribution is -2.29. The topological polar surface area (TPSA) is 18.5 Å². The highest BCUT2D eigenvalue weighted by Gasteiger charge is 2.29. The lowest BCUT2D eigenvalue weighted by molar-refractivity contribution is -0.359. The summed E-state index contributed by atoms with van der Waals surface area (Å²) >= 11 is 0. The molecule has 0 aromatic rings. The van der Waals surface area contributed by atoms with E-state index in [0.717, 1.165) is 11.8 Å². The van der Waals surface area contributed by atoms with Crippen molar-refractivity contribution in [2.24, 2.45) is 11.8 Å². The van der Waals surface area contributed by atoms with Gasteiger partial charge in [0.2, 0.25) is 0 Å². The molecule has 0 radical (unpaired) electrons. The molecule has 2 nitrogen and oxygen atoms in total. The summed E-state index contributed by atoms with van der Waals surface area (Å²) in [7, 11) is 0. The highest BCUT2D eigenvalue weighted by atomic mass is 17.2. The molecule has 0 bridgehead atoms. The summed E-state index contributed by atoms with van der Waals surface area (Å²) in [5.74, 6) is 2.02. The molecule has 2 heteroatoms. The number of rotatable bonds is 4. The van der Waals surface area contributed by atoms with E-state index in [2.05, 4.69) is 0 Å². The Morgan fingerprint density at radius 1 is 0.400 bits per heavy atom. The van der Waals surface area contributed by atoms with Crippen molar-refractivity contribution in [2.45, 2.75) is 102 Å². The van der Waals surface area contributed by atoms with Crippen LogP contribution in [0, 0.1) is 11.8 Å². The first kappa shape index (κ1) is 14.8. The van der Waals surface area contributed by atoms with E-state index in [-0.39, 0.29) is 0 Å². The van der Waals surface area contributed by atoms with Gasteiger partial charge < -0.3 is 0 Å². The van der Waals surface area contributed by atoms with E-state index in [1.165, 1.54) is 89.9 Å². The van der Waals surface area contributed by atoms with E-state index >= 15 is 0 Å². The van der Waals surface area contributed by atoms with Crippen LogP contribution in [0.25, 0.3) is 0 Å². The minimum Gasteiger partial charge on any atom is -0.233 e. The van der Waals surface area contributed by atoms with Crippen molar-refractivity contribution < 1.29 is 9.78 Å². The van der Waals surface area contributed by atoms with Gasteiger partial charge in [-0.05, 0) is 50.4 Å². The van der Waals surface area contributed by atoms with Gasteiger partial charge in [-0.1, -0.05) is 51.4 Å². The Labute approximate surface area is 124 Å². The average molecular weight is 280 g/mol. The summed E-state index contributed by atoms with van der Waals surface area (Å²) in [6, 6.07) is 0. The van der Waals surface area contributed by atoms with Crippen LogP contribution < -0.4 is 0 Å². The van der Waals surface area contributed by atoms with Crippen molar-refractivity contribution in [3.05, 3.63) is 0 Å². The van der Waals surface area contributed by atoms with Crippen LogP contribution >= 0.6 is 0 Å².